The van der Waals surface area contributed by atoms with Gasteiger partial charge in [0.2, 0.25) is 0 Å². The number of rotatable bonds is 4. The van der Waals surface area contributed by atoms with E-state index in [-0.39, 0.29) is 0 Å². The van der Waals surface area contributed by atoms with Gasteiger partial charge in [0.25, 0.3) is 0 Å². The van der Waals surface area contributed by atoms with E-state index in [2.05, 4.69) is 21.4 Å². The Morgan fingerprint density at radius 3 is 3.05 bits per heavy atom. The molecule has 1 N–H and O–H groups in total. The second-order valence-corrected chi connectivity index (χ2v) is 6.02. The van der Waals surface area contributed by atoms with E-state index in [0.717, 1.165) is 30.5 Å². The summed E-state index contributed by atoms with van der Waals surface area (Å²) in [6.07, 6.45) is 9.09. The molecule has 5 nitrogen and oxygen atoms in total. The van der Waals surface area contributed by atoms with E-state index in [0.29, 0.717) is 6.04 Å². The third-order valence-electron chi connectivity index (χ3n) is 4.38. The number of piperidine rings is 1. The zero-order valence-corrected chi connectivity index (χ0v) is 11.7. The largest absolute Gasteiger partial charge is 0.353 e. The molecule has 1 aliphatic carbocycles. The van der Waals surface area contributed by atoms with Crippen molar-refractivity contribution in [3.05, 3.63) is 24.5 Å². The van der Waals surface area contributed by atoms with Crippen molar-refractivity contribution in [2.24, 2.45) is 5.92 Å². The summed E-state index contributed by atoms with van der Waals surface area (Å²) < 4.78 is 1.83. The smallest absolute Gasteiger partial charge is 0.157 e. The van der Waals surface area contributed by atoms with E-state index in [1.165, 1.54) is 32.2 Å². The molecule has 1 saturated heterocycles. The molecule has 4 rings (SSSR count). The molecule has 2 aliphatic rings. The van der Waals surface area contributed by atoms with Crippen LogP contribution in [0.2, 0.25) is 0 Å². The van der Waals surface area contributed by atoms with Crippen molar-refractivity contribution in [3.63, 3.8) is 0 Å². The Kier molecular flexibility index (Phi) is 3.07. The van der Waals surface area contributed by atoms with E-state index in [9.17, 15) is 0 Å². The normalized spacial score (nSPS) is 23.1. The molecule has 0 spiro atoms. The maximum absolute atomic E-state index is 4.77. The molecule has 5 heteroatoms. The highest BCUT2D eigenvalue weighted by molar-refractivity contribution is 5.48. The highest BCUT2D eigenvalue weighted by Crippen LogP contribution is 2.32. The quantitative estimate of drug-likeness (QED) is 0.919. The molecule has 1 aliphatic heterocycles. The minimum absolute atomic E-state index is 0.704. The molecule has 3 heterocycles. The van der Waals surface area contributed by atoms with Crippen LogP contribution < -0.4 is 10.2 Å². The number of aromatic nitrogens is 3. The average Bonchev–Trinajstić information content (AvgIpc) is 3.22. The van der Waals surface area contributed by atoms with Gasteiger partial charge < -0.3 is 10.2 Å². The van der Waals surface area contributed by atoms with Crippen LogP contribution in [0.4, 0.5) is 5.82 Å². The summed E-state index contributed by atoms with van der Waals surface area (Å²) in [5.74, 6) is 1.87. The van der Waals surface area contributed by atoms with Crippen molar-refractivity contribution in [2.45, 2.75) is 31.7 Å². The van der Waals surface area contributed by atoms with Gasteiger partial charge in [-0.3, -0.25) is 0 Å². The van der Waals surface area contributed by atoms with Crippen LogP contribution in [0.3, 0.4) is 0 Å². The van der Waals surface area contributed by atoms with Crippen molar-refractivity contribution in [2.75, 3.05) is 24.5 Å². The maximum atomic E-state index is 4.77. The minimum Gasteiger partial charge on any atom is -0.353 e. The number of hydrogen-bond acceptors (Lipinski definition) is 4. The van der Waals surface area contributed by atoms with Crippen molar-refractivity contribution >= 4 is 11.5 Å². The molecule has 106 valence electrons. The van der Waals surface area contributed by atoms with Gasteiger partial charge in [-0.15, -0.1) is 0 Å². The Balaban J connectivity index is 1.57. The van der Waals surface area contributed by atoms with Gasteiger partial charge in [0, 0.05) is 24.8 Å². The third-order valence-corrected chi connectivity index (χ3v) is 4.38. The van der Waals surface area contributed by atoms with Gasteiger partial charge in [-0.1, -0.05) is 0 Å². The van der Waals surface area contributed by atoms with Gasteiger partial charge >= 0.3 is 0 Å². The lowest BCUT2D eigenvalue weighted by molar-refractivity contribution is 0.375. The molecule has 1 saturated carbocycles. The van der Waals surface area contributed by atoms with Crippen LogP contribution in [0, 0.1) is 5.92 Å². The third kappa shape index (κ3) is 2.38. The Labute approximate surface area is 119 Å². The lowest BCUT2D eigenvalue weighted by Crippen LogP contribution is -2.39. The van der Waals surface area contributed by atoms with Crippen LogP contribution in [0.25, 0.3) is 5.65 Å². The van der Waals surface area contributed by atoms with Crippen molar-refractivity contribution < 1.29 is 0 Å². The zero-order chi connectivity index (χ0) is 13.4. The molecule has 2 fully saturated rings. The summed E-state index contributed by atoms with van der Waals surface area (Å²) in [5.41, 5.74) is 0.940. The number of hydrogen-bond donors (Lipinski definition) is 1. The van der Waals surface area contributed by atoms with E-state index >= 15 is 0 Å². The highest BCUT2D eigenvalue weighted by atomic mass is 15.3. The molecular formula is C15H21N5. The predicted molar refractivity (Wildman–Crippen MR) is 78.9 cm³/mol. The number of anilines is 1. The Hall–Kier alpha value is -1.62. The topological polar surface area (TPSA) is 45.5 Å². The SMILES string of the molecule is c1cc2nc(N(CC3CCCNC3)C3CC3)ccn2n1. The Bertz CT molecular complexity index is 583. The van der Waals surface area contributed by atoms with Crippen molar-refractivity contribution in [1.29, 1.82) is 0 Å². The fourth-order valence-corrected chi connectivity index (χ4v) is 3.14. The first-order chi connectivity index (χ1) is 9.90. The van der Waals surface area contributed by atoms with Gasteiger partial charge in [-0.2, -0.15) is 5.10 Å². The predicted octanol–water partition coefficient (Wildman–Crippen LogP) is 1.70. The van der Waals surface area contributed by atoms with Gasteiger partial charge in [0.05, 0.1) is 6.20 Å². The molecule has 0 amide bonds. The molecule has 0 aromatic carbocycles. The van der Waals surface area contributed by atoms with Gasteiger partial charge in [-0.25, -0.2) is 9.50 Å². The van der Waals surface area contributed by atoms with E-state index < -0.39 is 0 Å². The second kappa shape index (κ2) is 5.05. The lowest BCUT2D eigenvalue weighted by atomic mass is 9.99. The fourth-order valence-electron chi connectivity index (χ4n) is 3.14. The Morgan fingerprint density at radius 2 is 2.25 bits per heavy atom. The number of nitrogens with one attached hydrogen (secondary N) is 1. The van der Waals surface area contributed by atoms with Gasteiger partial charge in [0.1, 0.15) is 5.82 Å². The maximum Gasteiger partial charge on any atom is 0.157 e. The second-order valence-electron chi connectivity index (χ2n) is 6.02. The average molecular weight is 271 g/mol. The first-order valence-corrected chi connectivity index (χ1v) is 7.68. The van der Waals surface area contributed by atoms with Crippen molar-refractivity contribution in [3.8, 4) is 0 Å². The van der Waals surface area contributed by atoms with E-state index in [1.807, 2.05) is 16.8 Å². The van der Waals surface area contributed by atoms with Gasteiger partial charge in [0.15, 0.2) is 5.65 Å². The summed E-state index contributed by atoms with van der Waals surface area (Å²) in [7, 11) is 0. The summed E-state index contributed by atoms with van der Waals surface area (Å²) >= 11 is 0. The summed E-state index contributed by atoms with van der Waals surface area (Å²) in [5, 5.41) is 7.74. The summed E-state index contributed by atoms with van der Waals surface area (Å²) in [6, 6.07) is 4.78. The molecule has 0 bridgehead atoms. The summed E-state index contributed by atoms with van der Waals surface area (Å²) in [6.45, 7) is 3.47. The van der Waals surface area contributed by atoms with Crippen LogP contribution in [-0.2, 0) is 0 Å². The highest BCUT2D eigenvalue weighted by Gasteiger charge is 2.32. The fraction of sp³-hybridized carbons (Fsp3) is 0.600. The molecular weight excluding hydrogens is 250 g/mol. The zero-order valence-electron chi connectivity index (χ0n) is 11.7. The molecule has 2 aromatic heterocycles. The Morgan fingerprint density at radius 1 is 1.30 bits per heavy atom. The molecule has 0 radical (unpaired) electrons. The summed E-state index contributed by atoms with van der Waals surface area (Å²) in [4.78, 5) is 7.29. The van der Waals surface area contributed by atoms with Crippen LogP contribution in [0.5, 0.6) is 0 Å². The monoisotopic (exact) mass is 271 g/mol. The minimum atomic E-state index is 0.704. The molecule has 2 aromatic rings. The van der Waals surface area contributed by atoms with Crippen LogP contribution >= 0.6 is 0 Å². The first kappa shape index (κ1) is 12.1. The molecule has 1 unspecified atom stereocenters. The van der Waals surface area contributed by atoms with Crippen LogP contribution in [0.1, 0.15) is 25.7 Å². The van der Waals surface area contributed by atoms with Crippen LogP contribution in [0.15, 0.2) is 24.5 Å². The number of nitrogens with zero attached hydrogens (tertiary/aromatic N) is 4. The molecule has 20 heavy (non-hydrogen) atoms. The van der Waals surface area contributed by atoms with Crippen molar-refractivity contribution in [1.82, 2.24) is 19.9 Å². The molecule has 1 atom stereocenters. The standard InChI is InChI=1S/C15H21N5/c1-2-12(10-16-7-1)11-19(13-3-4-13)14-6-9-20-15(18-14)5-8-17-20/h5-6,8-9,12-13,16H,1-4,7,10-11H2. The first-order valence-electron chi connectivity index (χ1n) is 7.68. The van der Waals surface area contributed by atoms with Gasteiger partial charge in [-0.05, 0) is 50.8 Å². The number of fused-ring (bicyclic) bond motifs is 1. The lowest BCUT2D eigenvalue weighted by Gasteiger charge is -2.31. The van der Waals surface area contributed by atoms with Crippen LogP contribution in [-0.4, -0.2) is 40.3 Å². The van der Waals surface area contributed by atoms with E-state index in [1.54, 1.807) is 6.20 Å². The van der Waals surface area contributed by atoms with E-state index in [4.69, 9.17) is 4.98 Å².